The second-order valence-electron chi connectivity index (χ2n) is 2.94. The van der Waals surface area contributed by atoms with E-state index in [0.717, 1.165) is 0 Å². The first-order valence-corrected chi connectivity index (χ1v) is 4.45. The monoisotopic (exact) mass is 225 g/mol. The van der Waals surface area contributed by atoms with Crippen LogP contribution in [0.25, 0.3) is 0 Å². The zero-order valence-corrected chi connectivity index (χ0v) is 8.88. The lowest BCUT2D eigenvalue weighted by atomic mass is 10.1. The van der Waals surface area contributed by atoms with Crippen molar-refractivity contribution in [3.63, 3.8) is 0 Å². The maximum absolute atomic E-state index is 11.8. The Morgan fingerprint density at radius 3 is 2.38 bits per heavy atom. The number of ether oxygens (including phenoxy) is 2. The number of rotatable bonds is 5. The Bertz CT molecular complexity index is 400. The molecule has 1 aromatic rings. The van der Waals surface area contributed by atoms with Gasteiger partial charge in [0.1, 0.15) is 5.56 Å². The van der Waals surface area contributed by atoms with Gasteiger partial charge in [-0.15, -0.1) is 0 Å². The molecule has 0 saturated heterocycles. The largest absolute Gasteiger partial charge is 0.349 e. The van der Waals surface area contributed by atoms with Gasteiger partial charge in [-0.3, -0.25) is 14.9 Å². The van der Waals surface area contributed by atoms with Crippen molar-refractivity contribution >= 4 is 11.5 Å². The molecule has 0 aromatic heterocycles. The van der Waals surface area contributed by atoms with Crippen LogP contribution in [-0.4, -0.2) is 31.2 Å². The summed E-state index contributed by atoms with van der Waals surface area (Å²) in [5.41, 5.74) is -0.284. The predicted octanol–water partition coefficient (Wildman–Crippen LogP) is 1.40. The molecule has 0 N–H and O–H groups in total. The molecule has 0 aliphatic heterocycles. The van der Waals surface area contributed by atoms with Crippen molar-refractivity contribution in [2.24, 2.45) is 0 Å². The van der Waals surface area contributed by atoms with E-state index in [-0.39, 0.29) is 11.3 Å². The lowest BCUT2D eigenvalue weighted by Crippen LogP contribution is -2.25. The third-order valence-electron chi connectivity index (χ3n) is 2.01. The van der Waals surface area contributed by atoms with E-state index >= 15 is 0 Å². The van der Waals surface area contributed by atoms with E-state index < -0.39 is 17.0 Å². The topological polar surface area (TPSA) is 78.7 Å². The molecule has 0 saturated carbocycles. The molecule has 0 aliphatic carbocycles. The molecule has 0 bridgehead atoms. The number of nitro groups is 1. The van der Waals surface area contributed by atoms with Crippen molar-refractivity contribution in [1.82, 2.24) is 0 Å². The summed E-state index contributed by atoms with van der Waals surface area (Å²) in [6.07, 6.45) is -1.12. The SMILES string of the molecule is COC(OC)C(=O)c1ccccc1[N+](=O)[O-]. The van der Waals surface area contributed by atoms with E-state index in [0.29, 0.717) is 0 Å². The molecule has 0 radical (unpaired) electrons. The van der Waals surface area contributed by atoms with Crippen LogP contribution in [0.3, 0.4) is 0 Å². The number of Topliss-reactive ketones (excluding diaryl/α,β-unsaturated/α-hetero) is 1. The Morgan fingerprint density at radius 2 is 1.88 bits per heavy atom. The molecule has 0 heterocycles. The number of carbonyl (C=O) groups excluding carboxylic acids is 1. The highest BCUT2D eigenvalue weighted by atomic mass is 16.7. The van der Waals surface area contributed by atoms with E-state index in [1.54, 1.807) is 6.07 Å². The van der Waals surface area contributed by atoms with Gasteiger partial charge in [0, 0.05) is 20.3 Å². The van der Waals surface area contributed by atoms with Crippen molar-refractivity contribution in [2.45, 2.75) is 6.29 Å². The summed E-state index contributed by atoms with van der Waals surface area (Å²) >= 11 is 0. The first-order valence-electron chi connectivity index (χ1n) is 4.45. The summed E-state index contributed by atoms with van der Waals surface area (Å²) in [5, 5.41) is 10.7. The van der Waals surface area contributed by atoms with Gasteiger partial charge in [0.05, 0.1) is 4.92 Å². The van der Waals surface area contributed by atoms with Crippen LogP contribution in [0, 0.1) is 10.1 Å². The van der Waals surface area contributed by atoms with Crippen molar-refractivity contribution in [3.05, 3.63) is 39.9 Å². The van der Waals surface area contributed by atoms with Gasteiger partial charge < -0.3 is 9.47 Å². The van der Waals surface area contributed by atoms with E-state index in [1.165, 1.54) is 32.4 Å². The van der Waals surface area contributed by atoms with Gasteiger partial charge in [-0.1, -0.05) is 12.1 Å². The van der Waals surface area contributed by atoms with Crippen molar-refractivity contribution in [3.8, 4) is 0 Å². The summed E-state index contributed by atoms with van der Waals surface area (Å²) in [7, 11) is 2.58. The molecule has 16 heavy (non-hydrogen) atoms. The highest BCUT2D eigenvalue weighted by molar-refractivity contribution is 6.02. The minimum absolute atomic E-state index is 0.0267. The molecule has 0 fully saturated rings. The summed E-state index contributed by atoms with van der Waals surface area (Å²) in [6.45, 7) is 0. The molecule has 0 atom stereocenters. The van der Waals surface area contributed by atoms with Crippen LogP contribution in [0.4, 0.5) is 5.69 Å². The fourth-order valence-electron chi connectivity index (χ4n) is 1.28. The number of para-hydroxylation sites is 1. The lowest BCUT2D eigenvalue weighted by molar-refractivity contribution is -0.385. The molecule has 6 heteroatoms. The summed E-state index contributed by atoms with van der Waals surface area (Å²) in [6, 6.07) is 5.66. The molecule has 0 amide bonds. The van der Waals surface area contributed by atoms with Gasteiger partial charge in [0.2, 0.25) is 12.1 Å². The number of methoxy groups -OCH3 is 2. The van der Waals surface area contributed by atoms with Crippen LogP contribution in [0.1, 0.15) is 10.4 Å². The van der Waals surface area contributed by atoms with E-state index in [9.17, 15) is 14.9 Å². The predicted molar refractivity (Wildman–Crippen MR) is 55.2 cm³/mol. The average Bonchev–Trinajstić information content (AvgIpc) is 2.30. The number of nitro benzene ring substituents is 1. The fraction of sp³-hybridized carbons (Fsp3) is 0.300. The second kappa shape index (κ2) is 5.34. The highest BCUT2D eigenvalue weighted by Gasteiger charge is 2.26. The van der Waals surface area contributed by atoms with Crippen LogP contribution in [0.5, 0.6) is 0 Å². The number of ketones is 1. The molecular formula is C10H11NO5. The van der Waals surface area contributed by atoms with E-state index in [2.05, 4.69) is 0 Å². The van der Waals surface area contributed by atoms with Crippen molar-refractivity contribution in [2.75, 3.05) is 14.2 Å². The van der Waals surface area contributed by atoms with Gasteiger partial charge in [0.25, 0.3) is 5.69 Å². The molecule has 86 valence electrons. The molecule has 0 spiro atoms. The van der Waals surface area contributed by atoms with Crippen LogP contribution in [0.15, 0.2) is 24.3 Å². The van der Waals surface area contributed by atoms with Gasteiger partial charge in [-0.2, -0.15) is 0 Å². The Labute approximate surface area is 91.9 Å². The third kappa shape index (κ3) is 2.41. The maximum atomic E-state index is 11.8. The lowest BCUT2D eigenvalue weighted by Gasteiger charge is -2.11. The molecule has 1 rings (SSSR count). The third-order valence-corrected chi connectivity index (χ3v) is 2.01. The minimum atomic E-state index is -1.12. The highest BCUT2D eigenvalue weighted by Crippen LogP contribution is 2.20. The normalized spacial score (nSPS) is 10.4. The molecular weight excluding hydrogens is 214 g/mol. The molecule has 0 aliphatic rings. The average molecular weight is 225 g/mol. The summed E-state index contributed by atoms with van der Waals surface area (Å²) < 4.78 is 9.51. The number of carbonyl (C=O) groups is 1. The molecule has 1 aromatic carbocycles. The zero-order valence-electron chi connectivity index (χ0n) is 8.88. The fourth-order valence-corrected chi connectivity index (χ4v) is 1.28. The Kier molecular flexibility index (Phi) is 4.10. The van der Waals surface area contributed by atoms with Gasteiger partial charge in [0.15, 0.2) is 0 Å². The van der Waals surface area contributed by atoms with E-state index in [4.69, 9.17) is 9.47 Å². The smallest absolute Gasteiger partial charge is 0.280 e. The Morgan fingerprint density at radius 1 is 1.31 bits per heavy atom. The standard InChI is InChI=1S/C10H11NO5/c1-15-10(16-2)9(12)7-5-3-4-6-8(7)11(13)14/h3-6,10H,1-2H3. The maximum Gasteiger partial charge on any atom is 0.280 e. The Hall–Kier alpha value is -1.79. The zero-order chi connectivity index (χ0) is 12.1. The minimum Gasteiger partial charge on any atom is -0.349 e. The number of hydrogen-bond donors (Lipinski definition) is 0. The van der Waals surface area contributed by atoms with Crippen LogP contribution >= 0.6 is 0 Å². The molecule has 6 nitrogen and oxygen atoms in total. The quantitative estimate of drug-likeness (QED) is 0.327. The summed E-state index contributed by atoms with van der Waals surface area (Å²) in [4.78, 5) is 21.9. The van der Waals surface area contributed by atoms with Crippen LogP contribution in [-0.2, 0) is 9.47 Å². The number of nitrogens with zero attached hydrogens (tertiary/aromatic N) is 1. The van der Waals surface area contributed by atoms with Crippen LogP contribution < -0.4 is 0 Å². The first kappa shape index (κ1) is 12.3. The van der Waals surface area contributed by atoms with E-state index in [1.807, 2.05) is 0 Å². The van der Waals surface area contributed by atoms with Gasteiger partial charge >= 0.3 is 0 Å². The molecule has 0 unspecified atom stereocenters. The second-order valence-corrected chi connectivity index (χ2v) is 2.94. The summed E-state index contributed by atoms with van der Waals surface area (Å²) in [5.74, 6) is -0.572. The van der Waals surface area contributed by atoms with Gasteiger partial charge in [-0.25, -0.2) is 0 Å². The number of hydrogen-bond acceptors (Lipinski definition) is 5. The Balaban J connectivity index is 3.12. The number of benzene rings is 1. The van der Waals surface area contributed by atoms with Gasteiger partial charge in [-0.05, 0) is 6.07 Å². The van der Waals surface area contributed by atoms with Crippen LogP contribution in [0.2, 0.25) is 0 Å². The van der Waals surface area contributed by atoms with Crippen molar-refractivity contribution < 1.29 is 19.2 Å². The van der Waals surface area contributed by atoms with Crippen molar-refractivity contribution in [1.29, 1.82) is 0 Å². The first-order chi connectivity index (χ1) is 7.61.